The summed E-state index contributed by atoms with van der Waals surface area (Å²) >= 11 is 0. The summed E-state index contributed by atoms with van der Waals surface area (Å²) in [5, 5.41) is 37.1. The van der Waals surface area contributed by atoms with Crippen molar-refractivity contribution in [1.82, 2.24) is 9.13 Å². The minimum absolute atomic E-state index is 0.0213. The summed E-state index contributed by atoms with van der Waals surface area (Å²) in [5.74, 6) is -3.21. The lowest BCUT2D eigenvalue weighted by molar-refractivity contribution is 0.403. The van der Waals surface area contributed by atoms with Crippen molar-refractivity contribution in [2.24, 2.45) is 20.5 Å². The van der Waals surface area contributed by atoms with Crippen molar-refractivity contribution in [3.8, 4) is 11.8 Å². The van der Waals surface area contributed by atoms with Crippen LogP contribution in [-0.4, -0.2) is 53.7 Å². The van der Waals surface area contributed by atoms with Crippen LogP contribution >= 0.6 is 0 Å². The first kappa shape index (κ1) is 40.7. The maximum atomic E-state index is 13.6. The number of rotatable bonds is 12. The molecule has 0 atom stereocenters. The topological polar surface area (TPSA) is 277 Å². The normalized spacial score (nSPS) is 12.7. The van der Waals surface area contributed by atoms with Gasteiger partial charge in [-0.25, -0.2) is 8.42 Å². The highest BCUT2D eigenvalue weighted by atomic mass is 32.2. The molecule has 4 aromatic rings. The molecule has 284 valence electrons. The molecule has 0 aliphatic carbocycles. The Morgan fingerprint density at radius 3 is 1.21 bits per heavy atom. The molecule has 0 bridgehead atoms. The zero-order chi connectivity index (χ0) is 39.8. The van der Waals surface area contributed by atoms with E-state index < -0.39 is 64.5 Å². The molecule has 2 aromatic carbocycles. The van der Waals surface area contributed by atoms with E-state index in [4.69, 9.17) is 0 Å². The fourth-order valence-corrected chi connectivity index (χ4v) is 8.26. The van der Waals surface area contributed by atoms with E-state index in [1.54, 1.807) is 13.8 Å². The quantitative estimate of drug-likeness (QED) is 0.107. The Morgan fingerprint density at radius 1 is 0.585 bits per heavy atom. The van der Waals surface area contributed by atoms with Crippen LogP contribution in [0, 0.1) is 27.7 Å². The predicted molar refractivity (Wildman–Crippen MR) is 192 cm³/mol. The van der Waals surface area contributed by atoms with Crippen molar-refractivity contribution in [3.63, 3.8) is 0 Å². The van der Waals surface area contributed by atoms with Crippen LogP contribution in [0.15, 0.2) is 76.2 Å². The number of pyridine rings is 2. The van der Waals surface area contributed by atoms with Crippen molar-refractivity contribution >= 4 is 52.8 Å². The summed E-state index contributed by atoms with van der Waals surface area (Å²) in [4.78, 5) is 25.8. The Bertz CT molecular complexity index is 2490. The third-order valence-corrected chi connectivity index (χ3v) is 11.4. The molecule has 0 amide bonds. The number of azo groups is 2. The monoisotopic (exact) mass is 792 g/mol. The summed E-state index contributed by atoms with van der Waals surface area (Å²) in [7, 11) is -13.3. The van der Waals surface area contributed by atoms with Crippen molar-refractivity contribution in [2.75, 3.05) is 0 Å². The van der Waals surface area contributed by atoms with E-state index in [-0.39, 0.29) is 67.9 Å². The average Bonchev–Trinajstić information content (AvgIpc) is 3.05. The van der Waals surface area contributed by atoms with Gasteiger partial charge in [-0.05, 0) is 100 Å². The van der Waals surface area contributed by atoms with Gasteiger partial charge in [-0.2, -0.15) is 27.1 Å². The molecule has 0 aliphatic heterocycles. The van der Waals surface area contributed by atoms with Gasteiger partial charge >= 0.3 is 0 Å². The number of nitrogens with zero attached hydrogens (tertiary/aromatic N) is 6. The maximum absolute atomic E-state index is 13.6. The lowest BCUT2D eigenvalue weighted by Crippen LogP contribution is -2.22. The van der Waals surface area contributed by atoms with E-state index in [9.17, 15) is 54.2 Å². The minimum atomic E-state index is -4.58. The van der Waals surface area contributed by atoms with Crippen molar-refractivity contribution in [2.45, 2.75) is 75.9 Å². The number of aromatic nitrogens is 2. The molecule has 2 aromatic heterocycles. The first-order valence-electron chi connectivity index (χ1n) is 15.6. The van der Waals surface area contributed by atoms with Gasteiger partial charge in [0.2, 0.25) is 9.84 Å². The van der Waals surface area contributed by atoms with Crippen LogP contribution in [0.25, 0.3) is 0 Å². The lowest BCUT2D eigenvalue weighted by atomic mass is 10.1. The Morgan fingerprint density at radius 2 is 0.925 bits per heavy atom. The van der Waals surface area contributed by atoms with E-state index in [2.05, 4.69) is 20.5 Å². The molecule has 4 N–H and O–H groups in total. The second-order valence-corrected chi connectivity index (χ2v) is 16.8. The number of sulfone groups is 1. The van der Waals surface area contributed by atoms with Crippen molar-refractivity contribution in [1.29, 1.82) is 0 Å². The SMILES string of the molecule is CCn1c(O)c(CS(=O)(=O)O)c(C)c(N=Nc2ccc(S(=O)(=O)c3ccc(N=Nc4c(C)c(CS(=O)(=O)O)c(O)n(CC)c4=O)c(C)c3)cc2C)c1=O. The van der Waals surface area contributed by atoms with Gasteiger partial charge in [0, 0.05) is 24.2 Å². The number of aromatic hydroxyl groups is 2. The minimum Gasteiger partial charge on any atom is -0.494 e. The van der Waals surface area contributed by atoms with Crippen LogP contribution in [0.5, 0.6) is 11.8 Å². The van der Waals surface area contributed by atoms with Gasteiger partial charge in [-0.3, -0.25) is 27.8 Å². The van der Waals surface area contributed by atoms with Crippen LogP contribution < -0.4 is 11.1 Å². The highest BCUT2D eigenvalue weighted by Crippen LogP contribution is 2.34. The van der Waals surface area contributed by atoms with E-state index in [0.717, 1.165) is 9.13 Å². The molecule has 0 radical (unpaired) electrons. The summed E-state index contributed by atoms with van der Waals surface area (Å²) in [6.45, 7) is 8.78. The highest BCUT2D eigenvalue weighted by Gasteiger charge is 2.25. The van der Waals surface area contributed by atoms with Crippen LogP contribution in [0.2, 0.25) is 0 Å². The lowest BCUT2D eigenvalue weighted by Gasteiger charge is -2.14. The largest absolute Gasteiger partial charge is 0.494 e. The van der Waals surface area contributed by atoms with Crippen LogP contribution in [0.1, 0.15) is 47.2 Å². The molecule has 21 heteroatoms. The second-order valence-electron chi connectivity index (χ2n) is 11.9. The molecule has 0 fully saturated rings. The van der Waals surface area contributed by atoms with Gasteiger partial charge in [0.15, 0.2) is 23.1 Å². The van der Waals surface area contributed by atoms with E-state index in [0.29, 0.717) is 11.1 Å². The van der Waals surface area contributed by atoms with Gasteiger partial charge in [-0.1, -0.05) is 0 Å². The van der Waals surface area contributed by atoms with Crippen LogP contribution in [-0.2, 0) is 54.7 Å². The molecule has 0 saturated carbocycles. The maximum Gasteiger partial charge on any atom is 0.281 e. The average molecular weight is 793 g/mol. The first-order valence-corrected chi connectivity index (χ1v) is 20.3. The fourth-order valence-electron chi connectivity index (χ4n) is 5.41. The zero-order valence-electron chi connectivity index (χ0n) is 29.3. The van der Waals surface area contributed by atoms with Crippen LogP contribution in [0.4, 0.5) is 22.7 Å². The highest BCUT2D eigenvalue weighted by molar-refractivity contribution is 7.91. The number of aryl methyl sites for hydroxylation is 2. The molecule has 0 unspecified atom stereocenters. The zero-order valence-corrected chi connectivity index (χ0v) is 31.7. The summed E-state index contributed by atoms with van der Waals surface area (Å²) in [6, 6.07) is 7.92. The molecule has 0 aliphatic rings. The van der Waals surface area contributed by atoms with E-state index in [1.807, 2.05) is 0 Å². The van der Waals surface area contributed by atoms with Gasteiger partial charge in [0.05, 0.1) is 21.2 Å². The molecule has 18 nitrogen and oxygen atoms in total. The molecule has 2 heterocycles. The van der Waals surface area contributed by atoms with Gasteiger partial charge < -0.3 is 10.2 Å². The summed E-state index contributed by atoms with van der Waals surface area (Å²) < 4.78 is 94.0. The molecule has 0 saturated heterocycles. The van der Waals surface area contributed by atoms with E-state index >= 15 is 0 Å². The third-order valence-electron chi connectivity index (χ3n) is 8.32. The molecule has 53 heavy (non-hydrogen) atoms. The standard InChI is InChI=1S/C32H36N6O12S3/c1-7-37-29(39)23(15-51(43,44)45)19(5)27(31(37)41)35-33-25-11-9-21(13-17(25)3)53(49,50)22-10-12-26(18(4)14-22)34-36-28-20(6)24(16-52(46,47)48)30(40)38(8-2)32(28)42/h9-14,39-40H,7-8,15-16H2,1-6H3,(H,43,44,45)(H,46,47,48). The molecule has 4 rings (SSSR count). The van der Waals surface area contributed by atoms with Crippen molar-refractivity contribution in [3.05, 3.63) is 90.5 Å². The number of hydrogen-bond donors (Lipinski definition) is 4. The molecular weight excluding hydrogens is 757 g/mol. The Hall–Kier alpha value is -5.09. The van der Waals surface area contributed by atoms with E-state index in [1.165, 1.54) is 64.1 Å². The third kappa shape index (κ3) is 8.60. The smallest absolute Gasteiger partial charge is 0.281 e. The van der Waals surface area contributed by atoms with Gasteiger partial charge in [0.1, 0.15) is 11.5 Å². The number of benzene rings is 2. The number of hydrogen-bond acceptors (Lipinski definition) is 14. The first-order chi connectivity index (χ1) is 24.5. The fraction of sp³-hybridized carbons (Fsp3) is 0.312. The Kier molecular flexibility index (Phi) is 11.6. The van der Waals surface area contributed by atoms with Gasteiger partial charge in [0.25, 0.3) is 31.4 Å². The Labute approximate surface area is 304 Å². The predicted octanol–water partition coefficient (Wildman–Crippen LogP) is 5.13. The summed E-state index contributed by atoms with van der Waals surface area (Å²) in [5.41, 5.74) is -1.58. The van der Waals surface area contributed by atoms with Crippen LogP contribution in [0.3, 0.4) is 0 Å². The Balaban J connectivity index is 1.68. The second kappa shape index (κ2) is 15.1. The molecule has 0 spiro atoms. The van der Waals surface area contributed by atoms with Gasteiger partial charge in [-0.15, -0.1) is 10.2 Å². The summed E-state index contributed by atoms with van der Waals surface area (Å²) in [6.07, 6.45) is 0. The van der Waals surface area contributed by atoms with Crippen molar-refractivity contribution < 1.29 is 44.6 Å². The molecular formula is C32H36N6O12S3.